The maximum Gasteiger partial charge on any atom is 0.258 e. The number of pyridine rings is 1. The van der Waals surface area contributed by atoms with E-state index in [0.29, 0.717) is 23.1 Å². The fourth-order valence-electron chi connectivity index (χ4n) is 3.61. The number of aryl methyl sites for hydroxylation is 1. The summed E-state index contributed by atoms with van der Waals surface area (Å²) in [6.07, 6.45) is 5.16. The Morgan fingerprint density at radius 1 is 1.22 bits per heavy atom. The molecule has 32 heavy (non-hydrogen) atoms. The number of hydrogen-bond acceptors (Lipinski definition) is 5. The third kappa shape index (κ3) is 4.55. The maximum absolute atomic E-state index is 13.1. The summed E-state index contributed by atoms with van der Waals surface area (Å²) in [5, 5.41) is 17.5. The summed E-state index contributed by atoms with van der Waals surface area (Å²) >= 11 is 0. The van der Waals surface area contributed by atoms with Gasteiger partial charge in [0.25, 0.3) is 5.91 Å². The van der Waals surface area contributed by atoms with Gasteiger partial charge in [0, 0.05) is 30.6 Å². The quantitative estimate of drug-likeness (QED) is 0.480. The van der Waals surface area contributed by atoms with Gasteiger partial charge < -0.3 is 9.67 Å². The van der Waals surface area contributed by atoms with Crippen LogP contribution in [0.15, 0.2) is 48.9 Å². The molecule has 1 amide bonds. The van der Waals surface area contributed by atoms with E-state index in [9.17, 15) is 9.90 Å². The second-order valence-electron chi connectivity index (χ2n) is 9.02. The zero-order valence-corrected chi connectivity index (χ0v) is 19.0. The smallest absolute Gasteiger partial charge is 0.258 e. The minimum atomic E-state index is -0.978. The molecule has 0 spiro atoms. The highest BCUT2D eigenvalue weighted by Gasteiger charge is 2.21. The van der Waals surface area contributed by atoms with Crippen LogP contribution in [-0.4, -0.2) is 40.9 Å². The number of aromatic nitrogens is 5. The number of nitrogens with zero attached hydrogens (tertiary/aromatic N) is 5. The van der Waals surface area contributed by atoms with Gasteiger partial charge in [0.2, 0.25) is 5.95 Å². The first-order valence-electron chi connectivity index (χ1n) is 10.6. The van der Waals surface area contributed by atoms with Crippen molar-refractivity contribution >= 4 is 22.9 Å². The highest BCUT2D eigenvalue weighted by Crippen LogP contribution is 2.26. The number of hydrogen-bond donors (Lipinski definition) is 2. The number of anilines is 1. The maximum atomic E-state index is 13.1. The van der Waals surface area contributed by atoms with Crippen molar-refractivity contribution in [1.29, 1.82) is 0 Å². The summed E-state index contributed by atoms with van der Waals surface area (Å²) in [6, 6.07) is 9.47. The van der Waals surface area contributed by atoms with Gasteiger partial charge in [0.1, 0.15) is 0 Å². The number of amides is 1. The van der Waals surface area contributed by atoms with Crippen LogP contribution in [0.1, 0.15) is 49.5 Å². The van der Waals surface area contributed by atoms with E-state index in [2.05, 4.69) is 40.3 Å². The Morgan fingerprint density at radius 3 is 2.66 bits per heavy atom. The highest BCUT2D eigenvalue weighted by molar-refractivity contribution is 6.04. The Labute approximate surface area is 186 Å². The number of rotatable bonds is 6. The van der Waals surface area contributed by atoms with Crippen molar-refractivity contribution in [1.82, 2.24) is 24.3 Å². The van der Waals surface area contributed by atoms with E-state index in [-0.39, 0.29) is 12.5 Å². The minimum Gasteiger partial charge on any atom is -0.389 e. The number of nitrogens with one attached hydrogen (secondary N) is 1. The number of carbonyl (C=O) groups is 1. The Kier molecular flexibility index (Phi) is 5.56. The molecule has 0 bridgehead atoms. The zero-order chi connectivity index (χ0) is 23.0. The molecule has 3 heterocycles. The predicted molar refractivity (Wildman–Crippen MR) is 125 cm³/mol. The lowest BCUT2D eigenvalue weighted by Gasteiger charge is -2.20. The van der Waals surface area contributed by atoms with Crippen LogP contribution in [0.5, 0.6) is 0 Å². The summed E-state index contributed by atoms with van der Waals surface area (Å²) < 4.78 is 3.54. The number of benzene rings is 1. The van der Waals surface area contributed by atoms with Crippen molar-refractivity contribution in [3.63, 3.8) is 0 Å². The van der Waals surface area contributed by atoms with E-state index in [1.54, 1.807) is 43.1 Å². The van der Waals surface area contributed by atoms with Gasteiger partial charge in [-0.15, -0.1) is 0 Å². The lowest BCUT2D eigenvalue weighted by atomic mass is 10.0. The lowest BCUT2D eigenvalue weighted by Crippen LogP contribution is -2.27. The van der Waals surface area contributed by atoms with Gasteiger partial charge in [-0.05, 0) is 49.6 Å². The molecule has 166 valence electrons. The van der Waals surface area contributed by atoms with Gasteiger partial charge >= 0.3 is 0 Å². The lowest BCUT2D eigenvalue weighted by molar-refractivity contribution is 0.0630. The summed E-state index contributed by atoms with van der Waals surface area (Å²) in [5.74, 6) is 0.460. The number of aliphatic hydroxyl groups is 1. The van der Waals surface area contributed by atoms with Crippen molar-refractivity contribution in [2.24, 2.45) is 7.05 Å². The predicted octanol–water partition coefficient (Wildman–Crippen LogP) is 3.98. The van der Waals surface area contributed by atoms with Gasteiger partial charge in [0.15, 0.2) is 0 Å². The van der Waals surface area contributed by atoms with Crippen molar-refractivity contribution in [2.75, 3.05) is 5.32 Å². The van der Waals surface area contributed by atoms with Crippen LogP contribution in [0, 0.1) is 0 Å². The fraction of sp³-hybridized carbons (Fsp3) is 0.333. The van der Waals surface area contributed by atoms with E-state index in [0.717, 1.165) is 16.6 Å². The molecule has 0 saturated heterocycles. The van der Waals surface area contributed by atoms with Gasteiger partial charge in [-0.2, -0.15) is 5.10 Å². The monoisotopic (exact) mass is 432 g/mol. The molecule has 0 fully saturated rings. The molecule has 3 aromatic heterocycles. The molecule has 4 aromatic rings. The molecular weight excluding hydrogens is 404 g/mol. The normalized spacial score (nSPS) is 12.0. The Bertz CT molecular complexity index is 1280. The molecule has 8 heteroatoms. The summed E-state index contributed by atoms with van der Waals surface area (Å²) in [7, 11) is 1.83. The third-order valence-electron chi connectivity index (χ3n) is 5.23. The number of fused-ring (bicyclic) bond motifs is 1. The van der Waals surface area contributed by atoms with E-state index in [4.69, 9.17) is 0 Å². The first-order chi connectivity index (χ1) is 15.1. The molecule has 0 radical (unpaired) electrons. The van der Waals surface area contributed by atoms with Crippen LogP contribution >= 0.6 is 0 Å². The van der Waals surface area contributed by atoms with Gasteiger partial charge in [-0.25, -0.2) is 4.98 Å². The van der Waals surface area contributed by atoms with E-state index < -0.39 is 5.60 Å². The molecule has 0 unspecified atom stereocenters. The average molecular weight is 433 g/mol. The van der Waals surface area contributed by atoms with Crippen molar-refractivity contribution in [2.45, 2.75) is 45.8 Å². The zero-order valence-electron chi connectivity index (χ0n) is 19.0. The highest BCUT2D eigenvalue weighted by atomic mass is 16.3. The molecule has 4 rings (SSSR count). The Balaban J connectivity index is 1.70. The summed E-state index contributed by atoms with van der Waals surface area (Å²) in [5.41, 5.74) is 3.78. The molecular formula is C24H28N6O2. The van der Waals surface area contributed by atoms with Crippen molar-refractivity contribution < 1.29 is 9.90 Å². The van der Waals surface area contributed by atoms with Crippen LogP contribution in [0.25, 0.3) is 22.3 Å². The van der Waals surface area contributed by atoms with Crippen LogP contribution in [0.2, 0.25) is 0 Å². The standard InChI is InChI=1S/C24H28N6O2/c1-15(2)16-6-7-21-20(10-16)27-23(30(21)14-24(3,4)32)28-22(31)17-8-9-25-19(11-17)18-12-26-29(5)13-18/h6-13,15,32H,14H2,1-5H3,(H,27,28,31). The number of carbonyl (C=O) groups excluding carboxylic acids is 1. The summed E-state index contributed by atoms with van der Waals surface area (Å²) in [6.45, 7) is 8.01. The Morgan fingerprint density at radius 2 is 2.00 bits per heavy atom. The van der Waals surface area contributed by atoms with Crippen LogP contribution in [0.4, 0.5) is 5.95 Å². The summed E-state index contributed by atoms with van der Waals surface area (Å²) in [4.78, 5) is 22.1. The first-order valence-corrected chi connectivity index (χ1v) is 10.6. The minimum absolute atomic E-state index is 0.289. The van der Waals surface area contributed by atoms with Gasteiger partial charge in [-0.1, -0.05) is 19.9 Å². The largest absolute Gasteiger partial charge is 0.389 e. The molecule has 0 aliphatic carbocycles. The molecule has 0 aliphatic rings. The topological polar surface area (TPSA) is 97.9 Å². The van der Waals surface area contributed by atoms with Gasteiger partial charge in [-0.3, -0.25) is 19.8 Å². The molecule has 0 atom stereocenters. The molecule has 8 nitrogen and oxygen atoms in total. The second-order valence-corrected chi connectivity index (χ2v) is 9.02. The first kappa shape index (κ1) is 21.7. The van der Waals surface area contributed by atoms with E-state index >= 15 is 0 Å². The van der Waals surface area contributed by atoms with E-state index in [1.165, 1.54) is 5.56 Å². The molecule has 2 N–H and O–H groups in total. The fourth-order valence-corrected chi connectivity index (χ4v) is 3.61. The second kappa shape index (κ2) is 8.20. The van der Waals surface area contributed by atoms with E-state index in [1.807, 2.05) is 29.9 Å². The van der Waals surface area contributed by atoms with Crippen LogP contribution < -0.4 is 5.32 Å². The SMILES string of the molecule is CC(C)c1ccc2c(c1)nc(NC(=O)c1ccnc(-c3cnn(C)c3)c1)n2CC(C)(C)O. The van der Waals surface area contributed by atoms with Gasteiger partial charge in [0.05, 0.1) is 35.1 Å². The molecule has 0 aliphatic heterocycles. The van der Waals surface area contributed by atoms with Crippen molar-refractivity contribution in [3.8, 4) is 11.3 Å². The molecule has 1 aromatic carbocycles. The Hall–Kier alpha value is -3.52. The van der Waals surface area contributed by atoms with Crippen LogP contribution in [0.3, 0.4) is 0 Å². The third-order valence-corrected chi connectivity index (χ3v) is 5.23. The average Bonchev–Trinajstić information content (AvgIpc) is 3.30. The number of imidazole rings is 1. The molecule has 0 saturated carbocycles. The van der Waals surface area contributed by atoms with Crippen LogP contribution in [-0.2, 0) is 13.6 Å². The van der Waals surface area contributed by atoms with Crippen molar-refractivity contribution in [3.05, 3.63) is 60.0 Å².